The Morgan fingerprint density at radius 3 is 2.54 bits per heavy atom. The maximum absolute atomic E-state index is 13.9. The number of carbonyl (C=O) groups is 3. The summed E-state index contributed by atoms with van der Waals surface area (Å²) in [6.07, 6.45) is 7.32. The lowest BCUT2D eigenvalue weighted by atomic mass is 9.85. The molecular weight excluding hydrogens is 492 g/mol. The predicted molar refractivity (Wildman–Crippen MR) is 155 cm³/mol. The summed E-state index contributed by atoms with van der Waals surface area (Å²) in [5.74, 6) is -0.445. The summed E-state index contributed by atoms with van der Waals surface area (Å²) in [6.45, 7) is 9.16. The van der Waals surface area contributed by atoms with Crippen LogP contribution in [0.4, 0.5) is 0 Å². The first-order valence-corrected chi connectivity index (χ1v) is 14.1. The van der Waals surface area contributed by atoms with Crippen LogP contribution in [0, 0.1) is 5.41 Å². The van der Waals surface area contributed by atoms with E-state index in [1.54, 1.807) is 14.0 Å². The van der Waals surface area contributed by atoms with Crippen molar-refractivity contribution < 1.29 is 14.4 Å². The van der Waals surface area contributed by atoms with E-state index in [1.807, 2.05) is 61.1 Å². The molecule has 0 bridgehead atoms. The van der Waals surface area contributed by atoms with Crippen LogP contribution in [0.15, 0.2) is 47.1 Å². The monoisotopic (exact) mass is 538 g/mol. The van der Waals surface area contributed by atoms with Crippen molar-refractivity contribution in [2.24, 2.45) is 16.1 Å². The van der Waals surface area contributed by atoms with Gasteiger partial charge < -0.3 is 26.2 Å². The van der Waals surface area contributed by atoms with Crippen molar-refractivity contribution >= 4 is 23.9 Å². The molecule has 1 saturated heterocycles. The van der Waals surface area contributed by atoms with E-state index in [0.29, 0.717) is 32.5 Å². The number of aliphatic imine (C=N–C) groups is 1. The van der Waals surface area contributed by atoms with E-state index >= 15 is 0 Å². The van der Waals surface area contributed by atoms with Gasteiger partial charge in [0.15, 0.2) is 0 Å². The van der Waals surface area contributed by atoms with E-state index in [9.17, 15) is 14.4 Å². The number of likely N-dealkylation sites (N-methyl/N-ethyl adjacent to an activating group) is 1. The van der Waals surface area contributed by atoms with Gasteiger partial charge >= 0.3 is 0 Å². The molecule has 0 unspecified atom stereocenters. The molecule has 1 fully saturated rings. The zero-order valence-corrected chi connectivity index (χ0v) is 24.2. The van der Waals surface area contributed by atoms with Gasteiger partial charge in [0.1, 0.15) is 6.04 Å². The number of nitrogens with one attached hydrogen (secondary N) is 2. The fourth-order valence-electron chi connectivity index (χ4n) is 5.08. The second-order valence-corrected chi connectivity index (χ2v) is 11.7. The number of hydrogen-bond acceptors (Lipinski definition) is 6. The van der Waals surface area contributed by atoms with E-state index in [0.717, 1.165) is 30.5 Å². The standard InChI is InChI=1S/C30H46N6O3/c1-21(32-5)27(37)34-26(30(2,3)4)29(39)36-17-10-14-24(36)20-35(18-15-22-11-7-6-8-12-22)28(38)25(31)19-23-13-9-16-33-23/h6-8,11-13,16,21,24-26,32H,9-10,14-15,17-20,31H2,1-5H3,(H,34,37)/t21-,24-,25+,26+/m0/s1. The summed E-state index contributed by atoms with van der Waals surface area (Å²) >= 11 is 0. The van der Waals surface area contributed by atoms with Crippen molar-refractivity contribution in [2.45, 2.75) is 84.0 Å². The predicted octanol–water partition coefficient (Wildman–Crippen LogP) is 2.26. The summed E-state index contributed by atoms with van der Waals surface area (Å²) in [5.41, 5.74) is 7.90. The summed E-state index contributed by atoms with van der Waals surface area (Å²) in [4.78, 5) is 48.2. The molecular formula is C30H46N6O3. The van der Waals surface area contributed by atoms with Gasteiger partial charge in [0.05, 0.1) is 12.1 Å². The number of likely N-dealkylation sites (tertiary alicyclic amines) is 1. The first-order valence-electron chi connectivity index (χ1n) is 14.1. The summed E-state index contributed by atoms with van der Waals surface area (Å²) in [6, 6.07) is 8.13. The van der Waals surface area contributed by atoms with Gasteiger partial charge in [-0.25, -0.2) is 0 Å². The molecule has 4 N–H and O–H groups in total. The van der Waals surface area contributed by atoms with Crippen LogP contribution in [0.25, 0.3) is 0 Å². The zero-order chi connectivity index (χ0) is 28.6. The minimum absolute atomic E-state index is 0.105. The van der Waals surface area contributed by atoms with Crippen LogP contribution >= 0.6 is 0 Å². The van der Waals surface area contributed by atoms with Crippen LogP contribution in [-0.4, -0.2) is 84.6 Å². The molecule has 1 aromatic rings. The van der Waals surface area contributed by atoms with E-state index in [-0.39, 0.29) is 23.8 Å². The smallest absolute Gasteiger partial charge is 0.246 e. The summed E-state index contributed by atoms with van der Waals surface area (Å²) in [5, 5.41) is 5.91. The van der Waals surface area contributed by atoms with Crippen LogP contribution in [-0.2, 0) is 20.8 Å². The second-order valence-electron chi connectivity index (χ2n) is 11.7. The summed E-state index contributed by atoms with van der Waals surface area (Å²) in [7, 11) is 1.72. The van der Waals surface area contributed by atoms with Crippen molar-refractivity contribution in [2.75, 3.05) is 26.7 Å². The Hall–Kier alpha value is -3.04. The van der Waals surface area contributed by atoms with E-state index < -0.39 is 23.5 Å². The largest absolute Gasteiger partial charge is 0.342 e. The highest BCUT2D eigenvalue weighted by Gasteiger charge is 2.41. The van der Waals surface area contributed by atoms with E-state index in [1.165, 1.54) is 0 Å². The molecule has 9 nitrogen and oxygen atoms in total. The molecule has 3 rings (SSSR count). The third kappa shape index (κ3) is 8.47. The van der Waals surface area contributed by atoms with Crippen molar-refractivity contribution in [1.82, 2.24) is 20.4 Å². The molecule has 0 saturated carbocycles. The Labute approximate surface area is 233 Å². The normalized spacial score (nSPS) is 19.4. The van der Waals surface area contributed by atoms with Crippen molar-refractivity contribution in [3.63, 3.8) is 0 Å². The molecule has 2 aliphatic rings. The van der Waals surface area contributed by atoms with Crippen LogP contribution in [0.1, 0.15) is 58.9 Å². The Bertz CT molecular complexity index is 1050. The maximum Gasteiger partial charge on any atom is 0.246 e. The minimum Gasteiger partial charge on any atom is -0.342 e. The Morgan fingerprint density at radius 2 is 1.92 bits per heavy atom. The average molecular weight is 539 g/mol. The molecule has 0 radical (unpaired) electrons. The molecule has 3 amide bonds. The molecule has 39 heavy (non-hydrogen) atoms. The number of amides is 3. The van der Waals surface area contributed by atoms with Crippen molar-refractivity contribution in [1.29, 1.82) is 0 Å². The van der Waals surface area contributed by atoms with Crippen molar-refractivity contribution in [3.05, 3.63) is 47.7 Å². The van der Waals surface area contributed by atoms with E-state index in [4.69, 9.17) is 5.73 Å². The molecule has 0 aromatic heterocycles. The number of carbonyl (C=O) groups excluding carboxylic acids is 3. The summed E-state index contributed by atoms with van der Waals surface area (Å²) < 4.78 is 0. The molecule has 4 atom stereocenters. The van der Waals surface area contributed by atoms with Gasteiger partial charge in [-0.2, -0.15) is 0 Å². The lowest BCUT2D eigenvalue weighted by Gasteiger charge is -2.38. The van der Waals surface area contributed by atoms with E-state index in [2.05, 4.69) is 27.8 Å². The fourth-order valence-corrected chi connectivity index (χ4v) is 5.08. The number of nitrogens with zero attached hydrogens (tertiary/aromatic N) is 3. The van der Waals surface area contributed by atoms with Crippen LogP contribution in [0.5, 0.6) is 0 Å². The van der Waals surface area contributed by atoms with Gasteiger partial charge in [-0.1, -0.05) is 57.2 Å². The number of hydrogen-bond donors (Lipinski definition) is 3. The van der Waals surface area contributed by atoms with Gasteiger partial charge in [-0.3, -0.25) is 19.4 Å². The molecule has 0 spiro atoms. The fraction of sp³-hybridized carbons (Fsp3) is 0.600. The highest BCUT2D eigenvalue weighted by Crippen LogP contribution is 2.27. The van der Waals surface area contributed by atoms with Gasteiger partial charge in [-0.15, -0.1) is 0 Å². The Morgan fingerprint density at radius 1 is 1.21 bits per heavy atom. The first kappa shape index (κ1) is 30.5. The first-order chi connectivity index (χ1) is 18.5. The van der Waals surface area contributed by atoms with Crippen LogP contribution in [0.3, 0.4) is 0 Å². The minimum atomic E-state index is -0.697. The highest BCUT2D eigenvalue weighted by atomic mass is 16.2. The molecule has 2 heterocycles. The molecule has 1 aromatic carbocycles. The van der Waals surface area contributed by atoms with Gasteiger partial charge in [0.2, 0.25) is 17.7 Å². The quantitative estimate of drug-likeness (QED) is 0.377. The molecule has 214 valence electrons. The number of benzene rings is 1. The molecule has 9 heteroatoms. The average Bonchev–Trinajstić information content (AvgIpc) is 3.60. The lowest BCUT2D eigenvalue weighted by Crippen LogP contribution is -2.59. The lowest BCUT2D eigenvalue weighted by molar-refractivity contribution is -0.142. The second kappa shape index (κ2) is 13.8. The van der Waals surface area contributed by atoms with Crippen LogP contribution in [0.2, 0.25) is 0 Å². The van der Waals surface area contributed by atoms with Crippen LogP contribution < -0.4 is 16.4 Å². The number of rotatable bonds is 12. The molecule has 0 aliphatic carbocycles. The Balaban J connectivity index is 1.77. The van der Waals surface area contributed by atoms with Gasteiger partial charge in [0.25, 0.3) is 0 Å². The van der Waals surface area contributed by atoms with Gasteiger partial charge in [-0.05, 0) is 44.2 Å². The number of allylic oxidation sites excluding steroid dienone is 1. The zero-order valence-electron chi connectivity index (χ0n) is 24.2. The molecule has 2 aliphatic heterocycles. The maximum atomic E-state index is 13.9. The van der Waals surface area contributed by atoms with Crippen molar-refractivity contribution in [3.8, 4) is 0 Å². The van der Waals surface area contributed by atoms with Gasteiger partial charge in [0, 0.05) is 50.4 Å². The third-order valence-corrected chi connectivity index (χ3v) is 7.60. The third-order valence-electron chi connectivity index (χ3n) is 7.60. The number of nitrogens with two attached hydrogens (primary N) is 1. The highest BCUT2D eigenvalue weighted by molar-refractivity contribution is 5.90. The Kier molecular flexibility index (Phi) is 10.8. The topological polar surface area (TPSA) is 120 Å². The SMILES string of the molecule is CN[C@@H](C)C(=O)N[C@H](C(=O)N1CCC[C@H]1CN(CCc1ccccc1)C(=O)[C@H](N)CC1=CCC=N1)C(C)(C)C.